The second-order valence-corrected chi connectivity index (χ2v) is 4.98. The Morgan fingerprint density at radius 1 is 1.11 bits per heavy atom. The summed E-state index contributed by atoms with van der Waals surface area (Å²) in [6.45, 7) is 3.20. The molecule has 0 unspecified atom stereocenters. The molecule has 0 radical (unpaired) electrons. The van der Waals surface area contributed by atoms with Crippen molar-refractivity contribution in [3.8, 4) is 0 Å². The van der Waals surface area contributed by atoms with Gasteiger partial charge in [0.1, 0.15) is 0 Å². The van der Waals surface area contributed by atoms with Crippen LogP contribution in [-0.4, -0.2) is 9.55 Å². The molecule has 0 amide bonds. The molecule has 2 N–H and O–H groups in total. The zero-order valence-electron chi connectivity index (χ0n) is 11.7. The first-order valence-electron chi connectivity index (χ1n) is 7.15. The highest BCUT2D eigenvalue weighted by molar-refractivity contribution is 5.23. The lowest BCUT2D eigenvalue weighted by Gasteiger charge is -2.02. The number of rotatable bonds is 7. The quantitative estimate of drug-likeness (QED) is 0.772. The van der Waals surface area contributed by atoms with Crippen LogP contribution in [0.1, 0.15) is 37.4 Å². The second-order valence-electron chi connectivity index (χ2n) is 4.98. The Labute approximate surface area is 115 Å². The van der Waals surface area contributed by atoms with Crippen LogP contribution in [0.5, 0.6) is 0 Å². The van der Waals surface area contributed by atoms with E-state index in [2.05, 4.69) is 46.9 Å². The summed E-state index contributed by atoms with van der Waals surface area (Å²) in [7, 11) is 0. The van der Waals surface area contributed by atoms with Gasteiger partial charge in [-0.1, -0.05) is 50.1 Å². The standard InChI is InChI=1S/C16H23N3/c1-2-3-7-12-19-13-15(18-16(19)17)11-10-14-8-5-4-6-9-14/h4-6,8-9,13H,2-3,7,10-12H2,1H3,(H2,17,18). The first-order valence-corrected chi connectivity index (χ1v) is 7.15. The normalized spacial score (nSPS) is 10.8. The molecule has 3 nitrogen and oxygen atoms in total. The molecule has 1 aromatic heterocycles. The van der Waals surface area contributed by atoms with E-state index in [0.29, 0.717) is 5.95 Å². The van der Waals surface area contributed by atoms with Gasteiger partial charge in [-0.05, 0) is 24.8 Å². The van der Waals surface area contributed by atoms with E-state index in [0.717, 1.165) is 25.1 Å². The van der Waals surface area contributed by atoms with Crippen molar-refractivity contribution in [3.63, 3.8) is 0 Å². The molecule has 1 heterocycles. The number of benzene rings is 1. The van der Waals surface area contributed by atoms with Gasteiger partial charge in [0.15, 0.2) is 5.95 Å². The fourth-order valence-electron chi connectivity index (χ4n) is 2.24. The Morgan fingerprint density at radius 3 is 2.63 bits per heavy atom. The van der Waals surface area contributed by atoms with Gasteiger partial charge in [0.05, 0.1) is 5.69 Å². The van der Waals surface area contributed by atoms with Crippen LogP contribution >= 0.6 is 0 Å². The summed E-state index contributed by atoms with van der Waals surface area (Å²) < 4.78 is 2.08. The highest BCUT2D eigenvalue weighted by Gasteiger charge is 2.04. The molecule has 102 valence electrons. The molecule has 0 aliphatic rings. The summed E-state index contributed by atoms with van der Waals surface area (Å²) in [5.74, 6) is 0.652. The van der Waals surface area contributed by atoms with Gasteiger partial charge in [-0.15, -0.1) is 0 Å². The monoisotopic (exact) mass is 257 g/mol. The van der Waals surface area contributed by atoms with E-state index < -0.39 is 0 Å². The minimum Gasteiger partial charge on any atom is -0.369 e. The molecule has 0 atom stereocenters. The number of nitrogen functional groups attached to an aromatic ring is 1. The van der Waals surface area contributed by atoms with E-state index in [4.69, 9.17) is 5.73 Å². The van der Waals surface area contributed by atoms with Crippen molar-refractivity contribution in [2.24, 2.45) is 0 Å². The van der Waals surface area contributed by atoms with Gasteiger partial charge in [0, 0.05) is 12.7 Å². The number of hydrogen-bond donors (Lipinski definition) is 1. The first-order chi connectivity index (χ1) is 9.29. The average Bonchev–Trinajstić information content (AvgIpc) is 2.79. The SMILES string of the molecule is CCCCCn1cc(CCc2ccccc2)nc1N. The predicted octanol–water partition coefficient (Wildman–Crippen LogP) is 3.44. The zero-order valence-corrected chi connectivity index (χ0v) is 11.7. The largest absolute Gasteiger partial charge is 0.369 e. The van der Waals surface area contributed by atoms with Gasteiger partial charge in [-0.3, -0.25) is 0 Å². The Morgan fingerprint density at radius 2 is 1.89 bits per heavy atom. The highest BCUT2D eigenvalue weighted by atomic mass is 15.1. The maximum Gasteiger partial charge on any atom is 0.200 e. The number of imidazole rings is 1. The topological polar surface area (TPSA) is 43.8 Å². The lowest BCUT2D eigenvalue weighted by atomic mass is 10.1. The Balaban J connectivity index is 1.89. The summed E-state index contributed by atoms with van der Waals surface area (Å²) in [5, 5.41) is 0. The predicted molar refractivity (Wildman–Crippen MR) is 80.0 cm³/mol. The molecule has 0 saturated heterocycles. The summed E-state index contributed by atoms with van der Waals surface area (Å²) in [6, 6.07) is 10.5. The molecule has 0 aliphatic heterocycles. The Bertz CT molecular complexity index is 488. The first kappa shape index (κ1) is 13.7. The number of aromatic nitrogens is 2. The third-order valence-electron chi connectivity index (χ3n) is 3.37. The second kappa shape index (κ2) is 6.98. The lowest BCUT2D eigenvalue weighted by molar-refractivity contribution is 0.607. The Hall–Kier alpha value is -1.77. The molecule has 0 spiro atoms. The van der Waals surface area contributed by atoms with E-state index in [-0.39, 0.29) is 0 Å². The van der Waals surface area contributed by atoms with Crippen LogP contribution in [0.4, 0.5) is 5.95 Å². The third kappa shape index (κ3) is 4.12. The van der Waals surface area contributed by atoms with Crippen molar-refractivity contribution in [1.82, 2.24) is 9.55 Å². The molecule has 0 aliphatic carbocycles. The van der Waals surface area contributed by atoms with E-state index in [1.807, 2.05) is 6.07 Å². The molecular weight excluding hydrogens is 234 g/mol. The Kier molecular flexibility index (Phi) is 5.01. The van der Waals surface area contributed by atoms with Gasteiger partial charge in [0.25, 0.3) is 0 Å². The molecule has 3 heteroatoms. The smallest absolute Gasteiger partial charge is 0.200 e. The molecule has 19 heavy (non-hydrogen) atoms. The van der Waals surface area contributed by atoms with Gasteiger partial charge >= 0.3 is 0 Å². The van der Waals surface area contributed by atoms with Crippen molar-refractivity contribution in [2.45, 2.75) is 45.6 Å². The van der Waals surface area contributed by atoms with Crippen LogP contribution < -0.4 is 5.73 Å². The number of anilines is 1. The third-order valence-corrected chi connectivity index (χ3v) is 3.37. The van der Waals surface area contributed by atoms with Gasteiger partial charge in [0.2, 0.25) is 0 Å². The lowest BCUT2D eigenvalue weighted by Crippen LogP contribution is -2.02. The number of unbranched alkanes of at least 4 members (excludes halogenated alkanes) is 2. The fourth-order valence-corrected chi connectivity index (χ4v) is 2.24. The molecule has 0 bridgehead atoms. The van der Waals surface area contributed by atoms with Crippen LogP contribution in [0.15, 0.2) is 36.5 Å². The molecule has 0 saturated carbocycles. The van der Waals surface area contributed by atoms with Crippen molar-refractivity contribution < 1.29 is 0 Å². The number of aryl methyl sites for hydroxylation is 3. The minimum absolute atomic E-state index is 0.652. The van der Waals surface area contributed by atoms with E-state index in [1.165, 1.54) is 24.8 Å². The van der Waals surface area contributed by atoms with Crippen molar-refractivity contribution in [3.05, 3.63) is 47.8 Å². The maximum atomic E-state index is 5.94. The number of hydrogen-bond acceptors (Lipinski definition) is 2. The van der Waals surface area contributed by atoms with E-state index in [9.17, 15) is 0 Å². The molecular formula is C16H23N3. The van der Waals surface area contributed by atoms with Gasteiger partial charge < -0.3 is 10.3 Å². The fraction of sp³-hybridized carbons (Fsp3) is 0.438. The van der Waals surface area contributed by atoms with Crippen LogP contribution in [-0.2, 0) is 19.4 Å². The minimum atomic E-state index is 0.652. The van der Waals surface area contributed by atoms with Crippen molar-refractivity contribution in [1.29, 1.82) is 0 Å². The van der Waals surface area contributed by atoms with Gasteiger partial charge in [-0.25, -0.2) is 4.98 Å². The zero-order chi connectivity index (χ0) is 13.5. The van der Waals surface area contributed by atoms with Crippen LogP contribution in [0.25, 0.3) is 0 Å². The molecule has 2 aromatic rings. The van der Waals surface area contributed by atoms with E-state index in [1.54, 1.807) is 0 Å². The maximum absolute atomic E-state index is 5.94. The van der Waals surface area contributed by atoms with Crippen LogP contribution in [0.3, 0.4) is 0 Å². The van der Waals surface area contributed by atoms with Crippen molar-refractivity contribution in [2.75, 3.05) is 5.73 Å². The molecule has 2 rings (SSSR count). The summed E-state index contributed by atoms with van der Waals surface area (Å²) >= 11 is 0. The summed E-state index contributed by atoms with van der Waals surface area (Å²) in [4.78, 5) is 4.45. The van der Waals surface area contributed by atoms with E-state index >= 15 is 0 Å². The summed E-state index contributed by atoms with van der Waals surface area (Å²) in [6.07, 6.45) is 7.73. The average molecular weight is 257 g/mol. The van der Waals surface area contributed by atoms with Crippen molar-refractivity contribution >= 4 is 5.95 Å². The number of nitrogens with two attached hydrogens (primary N) is 1. The number of nitrogens with zero attached hydrogens (tertiary/aromatic N) is 2. The molecule has 0 fully saturated rings. The summed E-state index contributed by atoms with van der Waals surface area (Å²) in [5.41, 5.74) is 8.39. The van der Waals surface area contributed by atoms with Crippen LogP contribution in [0, 0.1) is 0 Å². The van der Waals surface area contributed by atoms with Crippen LogP contribution in [0.2, 0.25) is 0 Å². The van der Waals surface area contributed by atoms with Gasteiger partial charge in [-0.2, -0.15) is 0 Å². The highest BCUT2D eigenvalue weighted by Crippen LogP contribution is 2.11. The molecule has 1 aromatic carbocycles.